The Bertz CT molecular complexity index is 1030. The van der Waals surface area contributed by atoms with Crippen LogP contribution in [0, 0.1) is 0 Å². The number of nitrogen functional groups attached to an aromatic ring is 1. The van der Waals surface area contributed by atoms with E-state index in [0.717, 1.165) is 11.8 Å². The minimum absolute atomic E-state index is 0.0290. The fraction of sp³-hybridized carbons (Fsp3) is 0.133. The number of nitrogens with two attached hydrogens (primary N) is 1. The Morgan fingerprint density at radius 1 is 1.23 bits per heavy atom. The molecular formula is C15H14N6O4S. The van der Waals surface area contributed by atoms with Gasteiger partial charge >= 0.3 is 5.97 Å². The van der Waals surface area contributed by atoms with Gasteiger partial charge in [0.15, 0.2) is 16.3 Å². The lowest BCUT2D eigenvalue weighted by Crippen LogP contribution is -2.14. The number of rotatable bonds is 5. The van der Waals surface area contributed by atoms with E-state index in [1.165, 1.54) is 7.11 Å². The molecule has 26 heavy (non-hydrogen) atoms. The van der Waals surface area contributed by atoms with E-state index in [0.29, 0.717) is 16.4 Å². The van der Waals surface area contributed by atoms with E-state index in [4.69, 9.17) is 5.73 Å². The quantitative estimate of drug-likeness (QED) is 0.376. The molecule has 0 atom stereocenters. The predicted octanol–water partition coefficient (Wildman–Crippen LogP) is 0.746. The maximum absolute atomic E-state index is 12.0. The zero-order valence-corrected chi connectivity index (χ0v) is 14.3. The first kappa shape index (κ1) is 17.5. The highest BCUT2D eigenvalue weighted by Gasteiger charge is 2.11. The summed E-state index contributed by atoms with van der Waals surface area (Å²) in [6, 6.07) is 6.30. The Labute approximate surface area is 150 Å². The summed E-state index contributed by atoms with van der Waals surface area (Å²) >= 11 is 1.11. The summed E-state index contributed by atoms with van der Waals surface area (Å²) in [6.45, 7) is 0. The van der Waals surface area contributed by atoms with Crippen molar-refractivity contribution < 1.29 is 14.3 Å². The van der Waals surface area contributed by atoms with E-state index in [1.54, 1.807) is 24.3 Å². The van der Waals surface area contributed by atoms with Crippen molar-refractivity contribution in [3.05, 3.63) is 40.2 Å². The Balaban J connectivity index is 1.61. The van der Waals surface area contributed by atoms with Gasteiger partial charge < -0.3 is 20.8 Å². The Hall–Kier alpha value is -3.34. The molecule has 0 aliphatic rings. The molecular weight excluding hydrogens is 360 g/mol. The number of carbonyl (C=O) groups is 2. The van der Waals surface area contributed by atoms with E-state index in [9.17, 15) is 14.4 Å². The van der Waals surface area contributed by atoms with Crippen LogP contribution in [0.25, 0.3) is 11.2 Å². The molecule has 0 aliphatic heterocycles. The predicted molar refractivity (Wildman–Crippen MR) is 96.1 cm³/mol. The highest BCUT2D eigenvalue weighted by molar-refractivity contribution is 7.99. The Kier molecular flexibility index (Phi) is 4.89. The van der Waals surface area contributed by atoms with Gasteiger partial charge in [-0.25, -0.2) is 9.78 Å². The van der Waals surface area contributed by atoms with Crippen molar-refractivity contribution in [1.29, 1.82) is 0 Å². The molecule has 134 valence electrons. The van der Waals surface area contributed by atoms with Gasteiger partial charge in [0.1, 0.15) is 0 Å². The first-order chi connectivity index (χ1) is 12.5. The summed E-state index contributed by atoms with van der Waals surface area (Å²) < 4.78 is 4.61. The number of methoxy groups -OCH3 is 1. The molecule has 1 aromatic carbocycles. The number of esters is 1. The van der Waals surface area contributed by atoms with Gasteiger partial charge in [-0.3, -0.25) is 14.6 Å². The van der Waals surface area contributed by atoms with Gasteiger partial charge in [0.25, 0.3) is 5.56 Å². The third-order valence-electron chi connectivity index (χ3n) is 3.29. The number of benzene rings is 1. The maximum atomic E-state index is 12.0. The Morgan fingerprint density at radius 2 is 1.96 bits per heavy atom. The SMILES string of the molecule is COC(=O)c1ccc(NC(=O)CSc2nc3nc(N)[nH]c(=O)c3[nH]2)cc1. The van der Waals surface area contributed by atoms with Gasteiger partial charge in [-0.2, -0.15) is 4.98 Å². The lowest BCUT2D eigenvalue weighted by atomic mass is 10.2. The van der Waals surface area contributed by atoms with E-state index in [1.807, 2.05) is 0 Å². The van der Waals surface area contributed by atoms with E-state index in [-0.39, 0.29) is 28.8 Å². The van der Waals surface area contributed by atoms with Crippen molar-refractivity contribution in [3.63, 3.8) is 0 Å². The average molecular weight is 374 g/mol. The van der Waals surface area contributed by atoms with Gasteiger partial charge in [0, 0.05) is 5.69 Å². The summed E-state index contributed by atoms with van der Waals surface area (Å²) in [5.74, 6) is -0.694. The topological polar surface area (TPSA) is 156 Å². The summed E-state index contributed by atoms with van der Waals surface area (Å²) in [5, 5.41) is 3.07. The van der Waals surface area contributed by atoms with E-state index < -0.39 is 11.5 Å². The molecule has 1 amide bonds. The molecule has 10 nitrogen and oxygen atoms in total. The number of imidazole rings is 1. The monoisotopic (exact) mass is 374 g/mol. The van der Waals surface area contributed by atoms with Crippen LogP contribution in [0.3, 0.4) is 0 Å². The summed E-state index contributed by atoms with van der Waals surface area (Å²) in [7, 11) is 1.30. The van der Waals surface area contributed by atoms with Gasteiger partial charge in [0.2, 0.25) is 11.9 Å². The molecule has 2 aromatic heterocycles. The molecule has 0 bridgehead atoms. The second-order valence-corrected chi connectivity index (χ2v) is 6.06. The number of nitrogens with zero attached hydrogens (tertiary/aromatic N) is 2. The number of amides is 1. The van der Waals surface area contributed by atoms with Crippen molar-refractivity contribution >= 4 is 46.4 Å². The van der Waals surface area contributed by atoms with Gasteiger partial charge in [-0.1, -0.05) is 11.8 Å². The van der Waals surface area contributed by atoms with Gasteiger partial charge in [0.05, 0.1) is 18.4 Å². The van der Waals surface area contributed by atoms with Crippen LogP contribution in [0.4, 0.5) is 11.6 Å². The molecule has 0 aliphatic carbocycles. The molecule has 0 spiro atoms. The highest BCUT2D eigenvalue weighted by Crippen LogP contribution is 2.17. The van der Waals surface area contributed by atoms with Crippen LogP contribution in [0.15, 0.2) is 34.2 Å². The Morgan fingerprint density at radius 3 is 2.65 bits per heavy atom. The maximum Gasteiger partial charge on any atom is 0.337 e. The largest absolute Gasteiger partial charge is 0.465 e. The number of thioether (sulfide) groups is 1. The molecule has 2 heterocycles. The number of ether oxygens (including phenoxy) is 1. The standard InChI is InChI=1S/C15H14N6O4S/c1-25-13(24)7-2-4-8(5-3-7)17-9(22)6-26-15-18-10-11(20-15)19-14(16)21-12(10)23/h2-5H,6H2,1H3,(H,17,22)(H4,16,18,19,20,21,23). The molecule has 0 saturated carbocycles. The van der Waals surface area contributed by atoms with Crippen molar-refractivity contribution in [2.75, 3.05) is 23.9 Å². The van der Waals surface area contributed by atoms with Crippen molar-refractivity contribution in [1.82, 2.24) is 19.9 Å². The average Bonchev–Trinajstić information content (AvgIpc) is 3.03. The van der Waals surface area contributed by atoms with Crippen LogP contribution in [-0.2, 0) is 9.53 Å². The minimum atomic E-state index is -0.451. The zero-order chi connectivity index (χ0) is 18.7. The molecule has 0 radical (unpaired) electrons. The number of hydrogen-bond donors (Lipinski definition) is 4. The molecule has 3 rings (SSSR count). The van der Waals surface area contributed by atoms with Gasteiger partial charge in [-0.15, -0.1) is 0 Å². The summed E-state index contributed by atoms with van der Waals surface area (Å²) in [6.07, 6.45) is 0. The van der Waals surface area contributed by atoms with Crippen LogP contribution in [0.1, 0.15) is 10.4 Å². The van der Waals surface area contributed by atoms with Crippen molar-refractivity contribution in [2.45, 2.75) is 5.16 Å². The molecule has 0 fully saturated rings. The molecule has 5 N–H and O–H groups in total. The summed E-state index contributed by atoms with van der Waals surface area (Å²) in [4.78, 5) is 48.3. The fourth-order valence-corrected chi connectivity index (χ4v) is 2.78. The smallest absolute Gasteiger partial charge is 0.337 e. The number of aromatic amines is 2. The van der Waals surface area contributed by atoms with Crippen LogP contribution in [0.2, 0.25) is 0 Å². The molecule has 11 heteroatoms. The third kappa shape index (κ3) is 3.83. The van der Waals surface area contributed by atoms with E-state index >= 15 is 0 Å². The third-order valence-corrected chi connectivity index (χ3v) is 4.16. The highest BCUT2D eigenvalue weighted by atomic mass is 32.2. The number of nitrogens with one attached hydrogen (secondary N) is 3. The normalized spacial score (nSPS) is 10.7. The summed E-state index contributed by atoms with van der Waals surface area (Å²) in [5.41, 5.74) is 6.34. The molecule has 0 unspecified atom stereocenters. The fourth-order valence-electron chi connectivity index (χ4n) is 2.11. The van der Waals surface area contributed by atoms with Crippen LogP contribution in [0.5, 0.6) is 0 Å². The second kappa shape index (κ2) is 7.27. The zero-order valence-electron chi connectivity index (χ0n) is 13.5. The van der Waals surface area contributed by atoms with Crippen molar-refractivity contribution in [2.24, 2.45) is 0 Å². The molecule has 3 aromatic rings. The minimum Gasteiger partial charge on any atom is -0.465 e. The number of H-pyrrole nitrogens is 2. The first-order valence-corrected chi connectivity index (χ1v) is 8.31. The second-order valence-electron chi connectivity index (χ2n) is 5.10. The van der Waals surface area contributed by atoms with E-state index in [2.05, 4.69) is 30.0 Å². The van der Waals surface area contributed by atoms with Crippen LogP contribution >= 0.6 is 11.8 Å². The lowest BCUT2D eigenvalue weighted by molar-refractivity contribution is -0.113. The number of aromatic nitrogens is 4. The number of fused-ring (bicyclic) bond motifs is 1. The molecule has 0 saturated heterocycles. The van der Waals surface area contributed by atoms with Crippen LogP contribution in [-0.4, -0.2) is 44.7 Å². The van der Waals surface area contributed by atoms with Crippen molar-refractivity contribution in [3.8, 4) is 0 Å². The van der Waals surface area contributed by atoms with Crippen LogP contribution < -0.4 is 16.6 Å². The van der Waals surface area contributed by atoms with Gasteiger partial charge in [-0.05, 0) is 24.3 Å². The number of anilines is 2. The first-order valence-electron chi connectivity index (χ1n) is 7.33. The number of hydrogen-bond acceptors (Lipinski definition) is 8. The number of carbonyl (C=O) groups excluding carboxylic acids is 2. The lowest BCUT2D eigenvalue weighted by Gasteiger charge is -2.05.